The fraction of sp³-hybridized carbons (Fsp3) is 0.200. The van der Waals surface area contributed by atoms with Crippen LogP contribution in [-0.2, 0) is 6.54 Å². The van der Waals surface area contributed by atoms with Crippen molar-refractivity contribution in [2.45, 2.75) is 12.9 Å². The number of rotatable bonds is 4. The van der Waals surface area contributed by atoms with Gasteiger partial charge in [-0.05, 0) is 29.8 Å². The smallest absolute Gasteiger partial charge is 0.406 e. The van der Waals surface area contributed by atoms with Gasteiger partial charge in [-0.2, -0.15) is 0 Å². The normalized spacial score (nSPS) is 11.1. The van der Waals surface area contributed by atoms with E-state index in [4.69, 9.17) is 12.2 Å². The molecule has 0 atom stereocenters. The largest absolute Gasteiger partial charge is 0.573 e. The van der Waals surface area contributed by atoms with Crippen molar-refractivity contribution in [2.24, 2.45) is 0 Å². The van der Waals surface area contributed by atoms with E-state index in [1.54, 1.807) is 25.4 Å². The number of aromatic nitrogens is 1. The zero-order valence-electron chi connectivity index (χ0n) is 12.1. The zero-order chi connectivity index (χ0) is 17.0. The highest BCUT2D eigenvalue weighted by Gasteiger charge is 2.30. The summed E-state index contributed by atoms with van der Waals surface area (Å²) in [6, 6.07) is 8.62. The lowest BCUT2D eigenvalue weighted by atomic mass is 10.2. The number of carbonyl (C=O) groups is 1. The van der Waals surface area contributed by atoms with Gasteiger partial charge in [-0.3, -0.25) is 4.79 Å². The second-order valence-corrected chi connectivity index (χ2v) is 5.17. The molecule has 0 saturated heterocycles. The van der Waals surface area contributed by atoms with Gasteiger partial charge in [-0.1, -0.05) is 24.4 Å². The van der Waals surface area contributed by atoms with Crippen LogP contribution in [-0.4, -0.2) is 29.2 Å². The van der Waals surface area contributed by atoms with Crippen molar-refractivity contribution in [1.82, 2.24) is 9.88 Å². The third-order valence-electron chi connectivity index (χ3n) is 2.97. The van der Waals surface area contributed by atoms with Gasteiger partial charge in [0.05, 0.1) is 5.56 Å². The number of H-pyrrole nitrogens is 1. The van der Waals surface area contributed by atoms with Gasteiger partial charge >= 0.3 is 6.36 Å². The molecule has 1 heterocycles. The number of aromatic amines is 1. The molecule has 122 valence electrons. The van der Waals surface area contributed by atoms with Crippen LogP contribution in [0.5, 0.6) is 5.75 Å². The molecule has 0 fully saturated rings. The summed E-state index contributed by atoms with van der Waals surface area (Å²) < 4.78 is 40.4. The number of ether oxygens (including phenoxy) is 1. The number of pyridine rings is 1. The highest BCUT2D eigenvalue weighted by Crippen LogP contribution is 2.23. The average Bonchev–Trinajstić information content (AvgIpc) is 2.47. The van der Waals surface area contributed by atoms with E-state index in [1.807, 2.05) is 0 Å². The number of halogens is 3. The van der Waals surface area contributed by atoms with Crippen molar-refractivity contribution in [2.75, 3.05) is 7.05 Å². The molecule has 0 aliphatic heterocycles. The first kappa shape index (κ1) is 17.0. The van der Waals surface area contributed by atoms with Crippen LogP contribution in [0.15, 0.2) is 42.6 Å². The summed E-state index contributed by atoms with van der Waals surface area (Å²) in [5, 5.41) is 0. The fourth-order valence-electron chi connectivity index (χ4n) is 1.94. The van der Waals surface area contributed by atoms with Crippen LogP contribution in [0.2, 0.25) is 0 Å². The Labute approximate surface area is 135 Å². The molecule has 23 heavy (non-hydrogen) atoms. The van der Waals surface area contributed by atoms with Crippen LogP contribution in [0.3, 0.4) is 0 Å². The van der Waals surface area contributed by atoms with Crippen LogP contribution < -0.4 is 4.74 Å². The van der Waals surface area contributed by atoms with Gasteiger partial charge in [0.15, 0.2) is 0 Å². The van der Waals surface area contributed by atoms with E-state index in [0.717, 1.165) is 0 Å². The summed E-state index contributed by atoms with van der Waals surface area (Å²) in [7, 11) is 1.59. The van der Waals surface area contributed by atoms with Gasteiger partial charge in [0, 0.05) is 19.8 Å². The third kappa shape index (κ3) is 4.82. The quantitative estimate of drug-likeness (QED) is 0.857. The van der Waals surface area contributed by atoms with Crippen molar-refractivity contribution < 1.29 is 22.7 Å². The predicted octanol–water partition coefficient (Wildman–Crippen LogP) is 3.91. The molecule has 0 bridgehead atoms. The lowest BCUT2D eigenvalue weighted by Crippen LogP contribution is -2.26. The summed E-state index contributed by atoms with van der Waals surface area (Å²) in [5.74, 6) is -0.580. The first-order valence-electron chi connectivity index (χ1n) is 6.54. The number of carbonyl (C=O) groups excluding carboxylic acids is 1. The third-order valence-corrected chi connectivity index (χ3v) is 3.31. The fourth-order valence-corrected chi connectivity index (χ4v) is 2.16. The lowest BCUT2D eigenvalue weighted by Gasteiger charge is -2.17. The molecule has 0 aliphatic carbocycles. The summed E-state index contributed by atoms with van der Waals surface area (Å²) in [6.07, 6.45) is -3.10. The van der Waals surface area contributed by atoms with Crippen molar-refractivity contribution >= 4 is 18.1 Å². The molecule has 1 aromatic carbocycles. The molecule has 0 spiro atoms. The Morgan fingerprint density at radius 1 is 1.26 bits per heavy atom. The number of hydrogen-bond donors (Lipinski definition) is 1. The molecular weight excluding hydrogens is 329 g/mol. The van der Waals surface area contributed by atoms with Crippen molar-refractivity contribution in [3.05, 3.63) is 58.4 Å². The van der Waals surface area contributed by atoms with Crippen molar-refractivity contribution in [1.29, 1.82) is 0 Å². The van der Waals surface area contributed by atoms with Crippen LogP contribution in [0.1, 0.15) is 15.9 Å². The minimum absolute atomic E-state index is 0.231. The van der Waals surface area contributed by atoms with E-state index in [9.17, 15) is 18.0 Å². The predicted molar refractivity (Wildman–Crippen MR) is 80.5 cm³/mol. The summed E-state index contributed by atoms with van der Waals surface area (Å²) in [5.41, 5.74) is 1.03. The van der Waals surface area contributed by atoms with Gasteiger partial charge in [-0.15, -0.1) is 13.2 Å². The Hall–Kier alpha value is -2.35. The van der Waals surface area contributed by atoms with Gasteiger partial charge in [0.25, 0.3) is 5.91 Å². The number of nitrogens with one attached hydrogen (secondary N) is 1. The number of benzene rings is 1. The summed E-state index contributed by atoms with van der Waals surface area (Å²) in [4.78, 5) is 16.5. The Balaban J connectivity index is 2.06. The van der Waals surface area contributed by atoms with E-state index in [0.29, 0.717) is 15.8 Å². The van der Waals surface area contributed by atoms with E-state index in [2.05, 4.69) is 9.72 Å². The van der Waals surface area contributed by atoms with Crippen molar-refractivity contribution in [3.8, 4) is 5.75 Å². The second-order valence-electron chi connectivity index (χ2n) is 4.77. The maximum Gasteiger partial charge on any atom is 0.573 e. The standard InChI is InChI=1S/C15H13F3N2O2S/c1-20(14(21)12-3-2-8-19-13(12)23)9-10-4-6-11(7-5-10)22-15(16,17)18/h2-8H,9H2,1H3,(H,19,23). The molecular formula is C15H13F3N2O2S. The zero-order valence-corrected chi connectivity index (χ0v) is 12.9. The van der Waals surface area contributed by atoms with Gasteiger partial charge < -0.3 is 14.6 Å². The molecule has 4 nitrogen and oxygen atoms in total. The molecule has 2 rings (SSSR count). The van der Waals surface area contributed by atoms with E-state index in [-0.39, 0.29) is 18.2 Å². The van der Waals surface area contributed by atoms with E-state index >= 15 is 0 Å². The number of hydrogen-bond acceptors (Lipinski definition) is 3. The molecule has 0 aliphatic rings. The maximum absolute atomic E-state index is 12.3. The highest BCUT2D eigenvalue weighted by molar-refractivity contribution is 7.71. The highest BCUT2D eigenvalue weighted by atomic mass is 32.1. The average molecular weight is 342 g/mol. The molecule has 0 saturated carbocycles. The van der Waals surface area contributed by atoms with E-state index < -0.39 is 6.36 Å². The molecule has 1 aromatic heterocycles. The molecule has 1 amide bonds. The Kier molecular flexibility index (Phi) is 5.05. The number of nitrogens with zero attached hydrogens (tertiary/aromatic N) is 1. The Morgan fingerprint density at radius 3 is 2.48 bits per heavy atom. The molecule has 2 aromatic rings. The Bertz CT molecular complexity index is 741. The lowest BCUT2D eigenvalue weighted by molar-refractivity contribution is -0.274. The number of amides is 1. The van der Waals surface area contributed by atoms with Gasteiger partial charge in [-0.25, -0.2) is 0 Å². The first-order valence-corrected chi connectivity index (χ1v) is 6.95. The minimum Gasteiger partial charge on any atom is -0.406 e. The van der Waals surface area contributed by atoms with Gasteiger partial charge in [0.1, 0.15) is 10.4 Å². The minimum atomic E-state index is -4.72. The SMILES string of the molecule is CN(Cc1ccc(OC(F)(F)F)cc1)C(=O)c1ccc[nH]c1=S. The molecule has 0 unspecified atom stereocenters. The monoisotopic (exact) mass is 342 g/mol. The van der Waals surface area contributed by atoms with Crippen LogP contribution in [0.4, 0.5) is 13.2 Å². The summed E-state index contributed by atoms with van der Waals surface area (Å²) in [6.45, 7) is 0.231. The summed E-state index contributed by atoms with van der Waals surface area (Å²) >= 11 is 5.05. The maximum atomic E-state index is 12.3. The first-order chi connectivity index (χ1) is 10.8. The molecule has 0 radical (unpaired) electrons. The van der Waals surface area contributed by atoms with E-state index in [1.165, 1.54) is 29.2 Å². The van der Waals surface area contributed by atoms with Crippen LogP contribution in [0.25, 0.3) is 0 Å². The number of alkyl halides is 3. The second kappa shape index (κ2) is 6.82. The van der Waals surface area contributed by atoms with Crippen LogP contribution in [0, 0.1) is 4.64 Å². The van der Waals surface area contributed by atoms with Gasteiger partial charge in [0.2, 0.25) is 0 Å². The van der Waals surface area contributed by atoms with Crippen LogP contribution >= 0.6 is 12.2 Å². The molecule has 8 heteroatoms. The van der Waals surface area contributed by atoms with Crippen molar-refractivity contribution in [3.63, 3.8) is 0 Å². The molecule has 1 N–H and O–H groups in total. The topological polar surface area (TPSA) is 45.3 Å². The Morgan fingerprint density at radius 2 is 1.91 bits per heavy atom.